The van der Waals surface area contributed by atoms with Crippen LogP contribution in [0.15, 0.2) is 0 Å². The first-order valence-electron chi connectivity index (χ1n) is 5.31. The molecular formula is C11H26. The van der Waals surface area contributed by atoms with E-state index in [1.165, 1.54) is 32.1 Å². The molecule has 0 heteroatoms. The predicted molar refractivity (Wildman–Crippen MR) is 54.9 cm³/mol. The van der Waals surface area contributed by atoms with Crippen molar-refractivity contribution in [2.45, 2.75) is 66.7 Å². The monoisotopic (exact) mass is 158 g/mol. The highest BCUT2D eigenvalue weighted by atomic mass is 14.1. The smallest absolute Gasteiger partial charge is 0.0443 e. The number of hydrogen-bond donors (Lipinski definition) is 0. The van der Waals surface area contributed by atoms with Gasteiger partial charge in [0.1, 0.15) is 0 Å². The summed E-state index contributed by atoms with van der Waals surface area (Å²) in [6.45, 7) is 10.6. The first kappa shape index (κ1) is 13.6. The second-order valence-electron chi connectivity index (χ2n) is 3.10. The molecule has 0 radical (unpaired) electrons. The normalized spacial score (nSPS) is 16.1. The lowest BCUT2D eigenvalue weighted by atomic mass is 10.2. The van der Waals surface area contributed by atoms with E-state index in [-0.39, 0.29) is 0 Å². The van der Waals surface area contributed by atoms with Gasteiger partial charge in [-0.05, 0) is 5.92 Å². The van der Waals surface area contributed by atoms with Gasteiger partial charge in [-0.3, -0.25) is 0 Å². The summed E-state index contributed by atoms with van der Waals surface area (Å²) < 4.78 is 0. The van der Waals surface area contributed by atoms with E-state index in [4.69, 9.17) is 0 Å². The topological polar surface area (TPSA) is 0 Å². The van der Waals surface area contributed by atoms with Gasteiger partial charge in [0.25, 0.3) is 0 Å². The van der Waals surface area contributed by atoms with Crippen LogP contribution in [-0.2, 0) is 0 Å². The molecule has 0 spiro atoms. The van der Waals surface area contributed by atoms with Gasteiger partial charge < -0.3 is 0 Å². The summed E-state index contributed by atoms with van der Waals surface area (Å²) in [5, 5.41) is 0. The first-order chi connectivity index (χ1) is 5.31. The van der Waals surface area contributed by atoms with Gasteiger partial charge in [-0.15, -0.1) is 0 Å². The van der Waals surface area contributed by atoms with Crippen LogP contribution in [0.1, 0.15) is 66.7 Å². The number of rotatable bonds is 0. The van der Waals surface area contributed by atoms with Crippen LogP contribution in [0.2, 0.25) is 0 Å². The average Bonchev–Trinajstić information content (AvgIpc) is 2.46. The molecule has 1 rings (SSSR count). The van der Waals surface area contributed by atoms with Crippen molar-refractivity contribution < 1.29 is 0 Å². The number of hydrogen-bond acceptors (Lipinski definition) is 0. The molecule has 0 unspecified atom stereocenters. The fourth-order valence-electron chi connectivity index (χ4n) is 1.13. The van der Waals surface area contributed by atoms with Crippen LogP contribution in [0, 0.1) is 5.92 Å². The van der Waals surface area contributed by atoms with Crippen molar-refractivity contribution in [2.75, 3.05) is 0 Å². The molecule has 0 aliphatic heterocycles. The molecule has 1 aliphatic carbocycles. The summed E-state index contributed by atoms with van der Waals surface area (Å²) in [7, 11) is 0. The van der Waals surface area contributed by atoms with Gasteiger partial charge in [0, 0.05) is 0 Å². The Morgan fingerprint density at radius 3 is 1.36 bits per heavy atom. The minimum atomic E-state index is 1.05. The Morgan fingerprint density at radius 1 is 1.00 bits per heavy atom. The van der Waals surface area contributed by atoms with Crippen molar-refractivity contribution in [1.29, 1.82) is 0 Å². The highest BCUT2D eigenvalue weighted by Gasteiger charge is 2.07. The van der Waals surface area contributed by atoms with Crippen molar-refractivity contribution in [3.8, 4) is 0 Å². The van der Waals surface area contributed by atoms with Crippen LogP contribution in [0.4, 0.5) is 0 Å². The molecule has 1 fully saturated rings. The molecule has 0 aromatic carbocycles. The van der Waals surface area contributed by atoms with Crippen molar-refractivity contribution in [3.63, 3.8) is 0 Å². The molecular weight excluding hydrogens is 132 g/mol. The predicted octanol–water partition coefficient (Wildman–Crippen LogP) is 4.64. The maximum absolute atomic E-state index is 2.34. The Morgan fingerprint density at radius 2 is 1.27 bits per heavy atom. The Bertz CT molecular complexity index is 42.0. The van der Waals surface area contributed by atoms with E-state index in [9.17, 15) is 0 Å². The molecule has 0 amide bonds. The molecule has 1 saturated carbocycles. The van der Waals surface area contributed by atoms with E-state index in [1.54, 1.807) is 0 Å². The van der Waals surface area contributed by atoms with Crippen molar-refractivity contribution in [2.24, 2.45) is 5.92 Å². The van der Waals surface area contributed by atoms with Crippen LogP contribution in [-0.4, -0.2) is 0 Å². The van der Waals surface area contributed by atoms with Crippen LogP contribution in [0.25, 0.3) is 0 Å². The van der Waals surface area contributed by atoms with E-state index in [0.29, 0.717) is 0 Å². The maximum Gasteiger partial charge on any atom is -0.0443 e. The fourth-order valence-corrected chi connectivity index (χ4v) is 1.13. The maximum atomic E-state index is 2.34. The third-order valence-electron chi connectivity index (χ3n) is 1.64. The quantitative estimate of drug-likeness (QED) is 0.482. The standard InChI is InChI=1S/C6H12.C3H8.C2H6/c1-6-4-2-3-5-6;1-3-2;1-2/h6H,2-5H2,1H3;3H2,1-2H3;1-2H3. The highest BCUT2D eigenvalue weighted by Crippen LogP contribution is 2.22. The molecule has 11 heavy (non-hydrogen) atoms. The minimum absolute atomic E-state index is 1.05. The molecule has 0 saturated heterocycles. The van der Waals surface area contributed by atoms with E-state index in [0.717, 1.165) is 5.92 Å². The lowest BCUT2D eigenvalue weighted by molar-refractivity contribution is 0.612. The molecule has 0 aromatic heterocycles. The highest BCUT2D eigenvalue weighted by molar-refractivity contribution is 4.60. The van der Waals surface area contributed by atoms with Crippen molar-refractivity contribution >= 4 is 0 Å². The Hall–Kier alpha value is 0. The first-order valence-corrected chi connectivity index (χ1v) is 5.31. The fraction of sp³-hybridized carbons (Fsp3) is 1.00. The third kappa shape index (κ3) is 13.1. The van der Waals surface area contributed by atoms with E-state index in [1.807, 2.05) is 13.8 Å². The van der Waals surface area contributed by atoms with Gasteiger partial charge in [-0.1, -0.05) is 66.7 Å². The molecule has 70 valence electrons. The molecule has 0 heterocycles. The summed E-state index contributed by atoms with van der Waals surface area (Å²) in [5.41, 5.74) is 0. The molecule has 0 nitrogen and oxygen atoms in total. The van der Waals surface area contributed by atoms with E-state index in [2.05, 4.69) is 20.8 Å². The Balaban J connectivity index is 0. The Kier molecular flexibility index (Phi) is 15.6. The zero-order valence-corrected chi connectivity index (χ0v) is 9.11. The average molecular weight is 158 g/mol. The van der Waals surface area contributed by atoms with Crippen LogP contribution >= 0.6 is 0 Å². The second kappa shape index (κ2) is 12.7. The zero-order valence-electron chi connectivity index (χ0n) is 9.11. The minimum Gasteiger partial charge on any atom is -0.0683 e. The second-order valence-corrected chi connectivity index (χ2v) is 3.10. The van der Waals surface area contributed by atoms with Crippen LogP contribution in [0.5, 0.6) is 0 Å². The summed E-state index contributed by atoms with van der Waals surface area (Å²) in [4.78, 5) is 0. The summed E-state index contributed by atoms with van der Waals surface area (Å²) in [6.07, 6.45) is 7.20. The van der Waals surface area contributed by atoms with Gasteiger partial charge >= 0.3 is 0 Å². The van der Waals surface area contributed by atoms with Gasteiger partial charge in [0.05, 0.1) is 0 Å². The molecule has 0 bridgehead atoms. The largest absolute Gasteiger partial charge is 0.0683 e. The van der Waals surface area contributed by atoms with Crippen molar-refractivity contribution in [3.05, 3.63) is 0 Å². The lowest BCUT2D eigenvalue weighted by Gasteiger charge is -1.91. The van der Waals surface area contributed by atoms with E-state index < -0.39 is 0 Å². The SMILES string of the molecule is CC.CC1CCCC1.CCC. The third-order valence-corrected chi connectivity index (χ3v) is 1.64. The molecule has 0 N–H and O–H groups in total. The van der Waals surface area contributed by atoms with Crippen LogP contribution in [0.3, 0.4) is 0 Å². The van der Waals surface area contributed by atoms with Gasteiger partial charge in [-0.2, -0.15) is 0 Å². The summed E-state index contributed by atoms with van der Waals surface area (Å²) in [5.74, 6) is 1.05. The van der Waals surface area contributed by atoms with Gasteiger partial charge in [-0.25, -0.2) is 0 Å². The van der Waals surface area contributed by atoms with Crippen LogP contribution < -0.4 is 0 Å². The van der Waals surface area contributed by atoms with Crippen molar-refractivity contribution in [1.82, 2.24) is 0 Å². The lowest BCUT2D eigenvalue weighted by Crippen LogP contribution is -1.78. The molecule has 1 aliphatic rings. The summed E-state index contributed by atoms with van der Waals surface area (Å²) >= 11 is 0. The zero-order chi connectivity index (χ0) is 9.11. The van der Waals surface area contributed by atoms with Gasteiger partial charge in [0.15, 0.2) is 0 Å². The molecule has 0 atom stereocenters. The summed E-state index contributed by atoms with van der Waals surface area (Å²) in [6, 6.07) is 0. The Labute approximate surface area is 73.4 Å². The van der Waals surface area contributed by atoms with Gasteiger partial charge in [0.2, 0.25) is 0 Å². The molecule has 0 aromatic rings. The van der Waals surface area contributed by atoms with E-state index >= 15 is 0 Å².